The molecular formula is C23H25Cl2NO4S. The smallest absolute Gasteiger partial charge is 0.344 e. The summed E-state index contributed by atoms with van der Waals surface area (Å²) in [5.41, 5.74) is 0.595. The molecule has 8 heteroatoms. The predicted molar refractivity (Wildman–Crippen MR) is 124 cm³/mol. The average Bonchev–Trinajstić information content (AvgIpc) is 3.11. The van der Waals surface area contributed by atoms with Crippen molar-refractivity contribution in [2.45, 2.75) is 51.3 Å². The van der Waals surface area contributed by atoms with E-state index in [4.69, 9.17) is 27.9 Å². The van der Waals surface area contributed by atoms with Crippen LogP contribution in [-0.2, 0) is 9.53 Å². The third kappa shape index (κ3) is 5.98. The number of rotatable bonds is 4. The number of thioether (sulfide) groups is 1. The number of carbonyl (C=O) groups is 2. The molecule has 1 amide bonds. The maximum absolute atomic E-state index is 13.6. The Morgan fingerprint density at radius 1 is 1.23 bits per heavy atom. The molecule has 0 aliphatic carbocycles. The molecule has 5 nitrogen and oxygen atoms in total. The Morgan fingerprint density at radius 2 is 1.90 bits per heavy atom. The van der Waals surface area contributed by atoms with Crippen molar-refractivity contribution in [1.29, 1.82) is 0 Å². The molecule has 31 heavy (non-hydrogen) atoms. The van der Waals surface area contributed by atoms with Crippen molar-refractivity contribution in [3.63, 3.8) is 0 Å². The Balaban J connectivity index is 2.02. The predicted octanol–water partition coefficient (Wildman–Crippen LogP) is 5.47. The van der Waals surface area contributed by atoms with Gasteiger partial charge in [-0.3, -0.25) is 4.79 Å². The fourth-order valence-electron chi connectivity index (χ4n) is 3.52. The van der Waals surface area contributed by atoms with Gasteiger partial charge in [0.1, 0.15) is 4.91 Å². The van der Waals surface area contributed by atoms with Crippen LogP contribution in [0.5, 0.6) is 0 Å². The van der Waals surface area contributed by atoms with Crippen LogP contribution in [0.3, 0.4) is 0 Å². The van der Waals surface area contributed by atoms with Crippen LogP contribution in [0.15, 0.2) is 28.8 Å². The summed E-state index contributed by atoms with van der Waals surface area (Å²) in [5.74, 6) is 5.01. The van der Waals surface area contributed by atoms with Gasteiger partial charge in [0.05, 0.1) is 15.8 Å². The molecule has 1 N–H and O–H groups in total. The zero-order valence-electron chi connectivity index (χ0n) is 17.7. The molecule has 2 heterocycles. The summed E-state index contributed by atoms with van der Waals surface area (Å²) in [7, 11) is 0. The monoisotopic (exact) mass is 481 g/mol. The summed E-state index contributed by atoms with van der Waals surface area (Å²) >= 11 is 13.5. The molecule has 0 bridgehead atoms. The lowest BCUT2D eigenvalue weighted by molar-refractivity contribution is -0.131. The standard InChI is InChI=1S/C23H25Cl2NO4S/c1-23(2,3)9-6-16-13-19(20(31-16)22(28)29)26(15-7-10-30-11-8-15)21(27)17-5-4-14(24)12-18(17)25/h4-5,12,15-16H,7-8,10-11,13H2,1-3H3,(H,28,29). The highest BCUT2D eigenvalue weighted by Gasteiger charge is 2.38. The van der Waals surface area contributed by atoms with Crippen molar-refractivity contribution < 1.29 is 19.4 Å². The van der Waals surface area contributed by atoms with E-state index in [1.54, 1.807) is 17.0 Å². The van der Waals surface area contributed by atoms with E-state index < -0.39 is 5.97 Å². The summed E-state index contributed by atoms with van der Waals surface area (Å²) in [6.07, 6.45) is 1.62. The number of ether oxygens (including phenoxy) is 1. The number of allylic oxidation sites excluding steroid dienone is 1. The summed E-state index contributed by atoms with van der Waals surface area (Å²) in [6, 6.07) is 4.54. The minimum absolute atomic E-state index is 0.165. The van der Waals surface area contributed by atoms with Gasteiger partial charge >= 0.3 is 5.97 Å². The summed E-state index contributed by atoms with van der Waals surface area (Å²) < 4.78 is 5.47. The van der Waals surface area contributed by atoms with Gasteiger partial charge in [-0.25, -0.2) is 4.79 Å². The van der Waals surface area contributed by atoms with Crippen LogP contribution < -0.4 is 0 Å². The minimum Gasteiger partial charge on any atom is -0.477 e. The van der Waals surface area contributed by atoms with E-state index in [1.807, 2.05) is 20.8 Å². The van der Waals surface area contributed by atoms with Gasteiger partial charge in [0.25, 0.3) is 5.91 Å². The average molecular weight is 482 g/mol. The van der Waals surface area contributed by atoms with E-state index >= 15 is 0 Å². The third-order valence-electron chi connectivity index (χ3n) is 4.93. The lowest BCUT2D eigenvalue weighted by Gasteiger charge is -2.35. The molecular weight excluding hydrogens is 457 g/mol. The maximum atomic E-state index is 13.6. The van der Waals surface area contributed by atoms with Crippen LogP contribution in [0.4, 0.5) is 0 Å². The molecule has 1 aromatic carbocycles. The number of hydrogen-bond donors (Lipinski definition) is 1. The fourth-order valence-corrected chi connectivity index (χ4v) is 5.08. The van der Waals surface area contributed by atoms with Gasteiger partial charge < -0.3 is 14.7 Å². The topological polar surface area (TPSA) is 66.8 Å². The summed E-state index contributed by atoms with van der Waals surface area (Å²) in [4.78, 5) is 27.5. The van der Waals surface area contributed by atoms with Gasteiger partial charge in [-0.05, 0) is 51.8 Å². The van der Waals surface area contributed by atoms with Crippen LogP contribution in [0, 0.1) is 17.3 Å². The van der Waals surface area contributed by atoms with E-state index in [0.717, 1.165) is 0 Å². The Kier molecular flexibility index (Phi) is 7.64. The molecule has 0 spiro atoms. The van der Waals surface area contributed by atoms with Crippen LogP contribution in [0.2, 0.25) is 10.0 Å². The number of hydrogen-bond acceptors (Lipinski definition) is 4. The number of benzene rings is 1. The maximum Gasteiger partial charge on any atom is 0.344 e. The van der Waals surface area contributed by atoms with E-state index in [2.05, 4.69) is 11.8 Å². The van der Waals surface area contributed by atoms with Crippen molar-refractivity contribution in [3.8, 4) is 11.8 Å². The molecule has 1 saturated heterocycles. The molecule has 166 valence electrons. The number of carbonyl (C=O) groups excluding carboxylic acids is 1. The molecule has 1 unspecified atom stereocenters. The van der Waals surface area contributed by atoms with Crippen molar-refractivity contribution in [2.75, 3.05) is 13.2 Å². The van der Waals surface area contributed by atoms with Crippen LogP contribution >= 0.6 is 35.0 Å². The second-order valence-electron chi connectivity index (χ2n) is 8.55. The van der Waals surface area contributed by atoms with Gasteiger partial charge in [0, 0.05) is 41.8 Å². The van der Waals surface area contributed by atoms with Crippen LogP contribution in [0.1, 0.15) is 50.4 Å². The minimum atomic E-state index is -1.05. The van der Waals surface area contributed by atoms with Crippen molar-refractivity contribution in [2.24, 2.45) is 5.41 Å². The fraction of sp³-hybridized carbons (Fsp3) is 0.478. The van der Waals surface area contributed by atoms with E-state index in [0.29, 0.717) is 48.8 Å². The molecule has 0 radical (unpaired) electrons. The Hall–Kier alpha value is -1.65. The first-order valence-corrected chi connectivity index (χ1v) is 11.7. The quantitative estimate of drug-likeness (QED) is 0.577. The van der Waals surface area contributed by atoms with Crippen LogP contribution in [0.25, 0.3) is 0 Å². The number of carboxylic acid groups (broad SMARTS) is 1. The largest absolute Gasteiger partial charge is 0.477 e. The first-order chi connectivity index (χ1) is 14.6. The lowest BCUT2D eigenvalue weighted by atomic mass is 9.97. The number of amides is 1. The highest BCUT2D eigenvalue weighted by atomic mass is 35.5. The Labute approximate surface area is 197 Å². The van der Waals surface area contributed by atoms with Crippen molar-refractivity contribution >= 4 is 46.8 Å². The molecule has 1 fully saturated rings. The second kappa shape index (κ2) is 9.87. The number of aliphatic carboxylic acids is 1. The van der Waals surface area contributed by atoms with Crippen molar-refractivity contribution in [1.82, 2.24) is 4.90 Å². The summed E-state index contributed by atoms with van der Waals surface area (Å²) in [6.45, 7) is 7.04. The summed E-state index contributed by atoms with van der Waals surface area (Å²) in [5, 5.41) is 10.3. The number of halogens is 2. The van der Waals surface area contributed by atoms with E-state index in [-0.39, 0.29) is 32.5 Å². The Bertz CT molecular complexity index is 968. The normalized spacial score (nSPS) is 19.7. The molecule has 2 aliphatic rings. The molecule has 1 aromatic rings. The number of nitrogens with zero attached hydrogens (tertiary/aromatic N) is 1. The first-order valence-electron chi connectivity index (χ1n) is 10.1. The van der Waals surface area contributed by atoms with E-state index in [9.17, 15) is 14.7 Å². The molecule has 0 saturated carbocycles. The number of carboxylic acids is 1. The Morgan fingerprint density at radius 3 is 2.48 bits per heavy atom. The van der Waals surface area contributed by atoms with Gasteiger partial charge in [0.2, 0.25) is 0 Å². The molecule has 1 atom stereocenters. The molecule has 2 aliphatic heterocycles. The SMILES string of the molecule is CC(C)(C)C#CC1CC(N(C(=O)c2ccc(Cl)cc2Cl)C2CCOCC2)=C(C(=O)O)S1. The van der Waals surface area contributed by atoms with Crippen molar-refractivity contribution in [3.05, 3.63) is 44.4 Å². The van der Waals surface area contributed by atoms with Gasteiger partial charge in [-0.1, -0.05) is 46.8 Å². The zero-order chi connectivity index (χ0) is 22.8. The van der Waals surface area contributed by atoms with Gasteiger partial charge in [0.15, 0.2) is 0 Å². The van der Waals surface area contributed by atoms with Gasteiger partial charge in [-0.15, -0.1) is 0 Å². The molecule has 3 rings (SSSR count). The second-order valence-corrected chi connectivity index (χ2v) is 10.6. The molecule has 0 aromatic heterocycles. The van der Waals surface area contributed by atoms with Crippen LogP contribution in [-0.4, -0.2) is 46.4 Å². The zero-order valence-corrected chi connectivity index (χ0v) is 20.0. The van der Waals surface area contributed by atoms with Gasteiger partial charge in [-0.2, -0.15) is 0 Å². The van der Waals surface area contributed by atoms with E-state index in [1.165, 1.54) is 17.8 Å². The lowest BCUT2D eigenvalue weighted by Crippen LogP contribution is -2.43. The highest BCUT2D eigenvalue weighted by Crippen LogP contribution is 2.42. The first kappa shape index (κ1) is 24.0. The third-order valence-corrected chi connectivity index (χ3v) is 6.69. The highest BCUT2D eigenvalue weighted by molar-refractivity contribution is 8.05.